The average molecular weight is 265 g/mol. The van der Waals surface area contributed by atoms with Crippen molar-refractivity contribution in [3.63, 3.8) is 0 Å². The second-order valence-electron chi connectivity index (χ2n) is 7.28. The van der Waals surface area contributed by atoms with Gasteiger partial charge in [-0.2, -0.15) is 0 Å². The molecule has 3 aliphatic rings. The molecule has 0 bridgehead atoms. The fraction of sp³-hybridized carbons (Fsp3) is 1.00. The van der Waals surface area contributed by atoms with Gasteiger partial charge in [0.2, 0.25) is 0 Å². The van der Waals surface area contributed by atoms with Gasteiger partial charge in [-0.1, -0.05) is 0 Å². The first kappa shape index (κ1) is 13.8. The minimum absolute atomic E-state index is 0.494. The molecule has 3 rings (SSSR count). The Morgan fingerprint density at radius 2 is 1.79 bits per heavy atom. The molecule has 2 atom stereocenters. The number of hydrogen-bond acceptors (Lipinski definition) is 3. The molecular weight excluding hydrogens is 234 g/mol. The van der Waals surface area contributed by atoms with E-state index in [1.165, 1.54) is 71.1 Å². The van der Waals surface area contributed by atoms with Crippen LogP contribution in [0.15, 0.2) is 0 Å². The lowest BCUT2D eigenvalue weighted by Crippen LogP contribution is -2.53. The molecule has 2 saturated heterocycles. The maximum absolute atomic E-state index is 6.01. The lowest BCUT2D eigenvalue weighted by Gasteiger charge is -2.47. The molecule has 2 N–H and O–H groups in total. The van der Waals surface area contributed by atoms with Gasteiger partial charge in [-0.05, 0) is 76.9 Å². The topological polar surface area (TPSA) is 32.5 Å². The lowest BCUT2D eigenvalue weighted by atomic mass is 9.82. The van der Waals surface area contributed by atoms with Crippen LogP contribution in [0.5, 0.6) is 0 Å². The second kappa shape index (κ2) is 6.11. The van der Waals surface area contributed by atoms with Crippen molar-refractivity contribution in [3.05, 3.63) is 0 Å². The van der Waals surface area contributed by atoms with E-state index < -0.39 is 0 Å². The Labute approximate surface area is 118 Å². The maximum Gasteiger partial charge on any atom is 0.0145 e. The van der Waals surface area contributed by atoms with Crippen molar-refractivity contribution in [1.82, 2.24) is 9.80 Å². The van der Waals surface area contributed by atoms with Crippen LogP contribution in [0.25, 0.3) is 0 Å². The Kier molecular flexibility index (Phi) is 4.45. The van der Waals surface area contributed by atoms with Crippen molar-refractivity contribution in [1.29, 1.82) is 0 Å². The summed E-state index contributed by atoms with van der Waals surface area (Å²) in [6.45, 7) is 5.35. The first-order chi connectivity index (χ1) is 9.22. The lowest BCUT2D eigenvalue weighted by molar-refractivity contribution is 0.0295. The number of hydrogen-bond donors (Lipinski definition) is 1. The Balaban J connectivity index is 1.48. The normalized spacial score (nSPS) is 42.0. The molecule has 110 valence electrons. The minimum Gasteiger partial charge on any atom is -0.328 e. The number of piperidine rings is 2. The van der Waals surface area contributed by atoms with E-state index in [2.05, 4.69) is 16.8 Å². The molecule has 0 amide bonds. The highest BCUT2D eigenvalue weighted by molar-refractivity contribution is 4.90. The van der Waals surface area contributed by atoms with Gasteiger partial charge in [0.15, 0.2) is 0 Å². The average Bonchev–Trinajstić information content (AvgIpc) is 2.42. The standard InChI is InChI=1S/C16H31N3/c1-18-9-2-3-14-12-19(10-8-16(14)18)11-13-4-6-15(17)7-5-13/h13-16H,2-12,17H2,1H3. The van der Waals surface area contributed by atoms with Crippen molar-refractivity contribution in [2.24, 2.45) is 17.6 Å². The molecular formula is C16H31N3. The highest BCUT2D eigenvalue weighted by atomic mass is 15.2. The molecule has 0 aromatic heterocycles. The third kappa shape index (κ3) is 3.32. The summed E-state index contributed by atoms with van der Waals surface area (Å²) in [4.78, 5) is 5.38. The zero-order valence-corrected chi connectivity index (χ0v) is 12.6. The molecule has 3 fully saturated rings. The van der Waals surface area contributed by atoms with Crippen molar-refractivity contribution in [2.75, 3.05) is 33.2 Å². The number of fused-ring (bicyclic) bond motifs is 1. The van der Waals surface area contributed by atoms with E-state index in [4.69, 9.17) is 5.73 Å². The van der Waals surface area contributed by atoms with Crippen LogP contribution in [0, 0.1) is 11.8 Å². The molecule has 3 heteroatoms. The summed E-state index contributed by atoms with van der Waals surface area (Å²) < 4.78 is 0. The molecule has 0 aromatic rings. The van der Waals surface area contributed by atoms with Gasteiger partial charge in [0.05, 0.1) is 0 Å². The first-order valence-corrected chi connectivity index (χ1v) is 8.40. The van der Waals surface area contributed by atoms with Gasteiger partial charge in [-0.15, -0.1) is 0 Å². The summed E-state index contributed by atoms with van der Waals surface area (Å²) in [5, 5.41) is 0. The number of nitrogens with two attached hydrogens (primary N) is 1. The molecule has 0 spiro atoms. The Morgan fingerprint density at radius 3 is 2.58 bits per heavy atom. The summed E-state index contributed by atoms with van der Waals surface area (Å²) in [5.74, 6) is 1.87. The van der Waals surface area contributed by atoms with Crippen LogP contribution in [0.4, 0.5) is 0 Å². The molecule has 0 radical (unpaired) electrons. The predicted molar refractivity (Wildman–Crippen MR) is 80.1 cm³/mol. The molecule has 1 saturated carbocycles. The summed E-state index contributed by atoms with van der Waals surface area (Å²) in [7, 11) is 2.33. The quantitative estimate of drug-likeness (QED) is 0.828. The smallest absolute Gasteiger partial charge is 0.0145 e. The first-order valence-electron chi connectivity index (χ1n) is 8.40. The van der Waals surface area contributed by atoms with Gasteiger partial charge in [0.1, 0.15) is 0 Å². The molecule has 2 aliphatic heterocycles. The molecule has 3 nitrogen and oxygen atoms in total. The summed E-state index contributed by atoms with van der Waals surface area (Å²) in [5.41, 5.74) is 6.01. The van der Waals surface area contributed by atoms with Crippen molar-refractivity contribution < 1.29 is 0 Å². The van der Waals surface area contributed by atoms with Crippen LogP contribution >= 0.6 is 0 Å². The van der Waals surface area contributed by atoms with Gasteiger partial charge in [-0.3, -0.25) is 0 Å². The molecule has 1 aliphatic carbocycles. The highest BCUT2D eigenvalue weighted by Crippen LogP contribution is 2.31. The van der Waals surface area contributed by atoms with Crippen molar-refractivity contribution in [3.8, 4) is 0 Å². The van der Waals surface area contributed by atoms with Crippen LogP contribution in [-0.2, 0) is 0 Å². The molecule has 19 heavy (non-hydrogen) atoms. The van der Waals surface area contributed by atoms with Crippen LogP contribution < -0.4 is 5.73 Å². The molecule has 0 aromatic carbocycles. The van der Waals surface area contributed by atoms with E-state index in [1.54, 1.807) is 0 Å². The van der Waals surface area contributed by atoms with Gasteiger partial charge >= 0.3 is 0 Å². The zero-order valence-electron chi connectivity index (χ0n) is 12.6. The van der Waals surface area contributed by atoms with Crippen LogP contribution in [0.1, 0.15) is 44.9 Å². The Bertz CT molecular complexity index is 286. The van der Waals surface area contributed by atoms with E-state index in [9.17, 15) is 0 Å². The zero-order chi connectivity index (χ0) is 13.2. The third-order valence-electron chi connectivity index (χ3n) is 5.84. The fourth-order valence-corrected chi connectivity index (χ4v) is 4.63. The predicted octanol–water partition coefficient (Wildman–Crippen LogP) is 1.92. The SMILES string of the molecule is CN1CCCC2CN(CC3CCC(N)CC3)CCC21. The molecule has 2 unspecified atom stereocenters. The largest absolute Gasteiger partial charge is 0.328 e. The Morgan fingerprint density at radius 1 is 1.00 bits per heavy atom. The summed E-state index contributed by atoms with van der Waals surface area (Å²) >= 11 is 0. The Hall–Kier alpha value is -0.120. The summed E-state index contributed by atoms with van der Waals surface area (Å²) in [6, 6.07) is 1.37. The van der Waals surface area contributed by atoms with E-state index in [0.717, 1.165) is 17.9 Å². The minimum atomic E-state index is 0.494. The van der Waals surface area contributed by atoms with Crippen LogP contribution in [0.3, 0.4) is 0 Å². The summed E-state index contributed by atoms with van der Waals surface area (Å²) in [6.07, 6.45) is 9.51. The van der Waals surface area contributed by atoms with E-state index in [0.29, 0.717) is 6.04 Å². The molecule has 2 heterocycles. The van der Waals surface area contributed by atoms with Crippen molar-refractivity contribution >= 4 is 0 Å². The van der Waals surface area contributed by atoms with Gasteiger partial charge < -0.3 is 15.5 Å². The van der Waals surface area contributed by atoms with E-state index in [1.807, 2.05) is 0 Å². The highest BCUT2D eigenvalue weighted by Gasteiger charge is 2.34. The van der Waals surface area contributed by atoms with Gasteiger partial charge in [0, 0.05) is 25.2 Å². The second-order valence-corrected chi connectivity index (χ2v) is 7.28. The van der Waals surface area contributed by atoms with E-state index >= 15 is 0 Å². The van der Waals surface area contributed by atoms with Crippen LogP contribution in [-0.4, -0.2) is 55.1 Å². The van der Waals surface area contributed by atoms with Gasteiger partial charge in [-0.25, -0.2) is 0 Å². The van der Waals surface area contributed by atoms with E-state index in [-0.39, 0.29) is 0 Å². The van der Waals surface area contributed by atoms with Crippen LogP contribution in [0.2, 0.25) is 0 Å². The van der Waals surface area contributed by atoms with Crippen molar-refractivity contribution in [2.45, 2.75) is 57.0 Å². The van der Waals surface area contributed by atoms with Gasteiger partial charge in [0.25, 0.3) is 0 Å². The third-order valence-corrected chi connectivity index (χ3v) is 5.84. The number of nitrogens with zero attached hydrogens (tertiary/aromatic N) is 2. The number of likely N-dealkylation sites (tertiary alicyclic amines) is 2. The fourth-order valence-electron chi connectivity index (χ4n) is 4.63. The monoisotopic (exact) mass is 265 g/mol. The number of rotatable bonds is 2. The maximum atomic E-state index is 6.01.